The highest BCUT2D eigenvalue weighted by atomic mass is 32.1. The average Bonchev–Trinajstić information content (AvgIpc) is 3.20. The second-order valence-corrected chi connectivity index (χ2v) is 7.43. The van der Waals surface area contributed by atoms with Gasteiger partial charge < -0.3 is 10.1 Å². The summed E-state index contributed by atoms with van der Waals surface area (Å²) in [6.07, 6.45) is 5.91. The molecule has 1 N–H and O–H groups in total. The zero-order valence-electron chi connectivity index (χ0n) is 15.3. The van der Waals surface area contributed by atoms with Gasteiger partial charge in [-0.25, -0.2) is 0 Å². The Morgan fingerprint density at radius 1 is 1.00 bits per heavy atom. The molecule has 0 amide bonds. The minimum Gasteiger partial charge on any atom is -0.497 e. The van der Waals surface area contributed by atoms with Crippen LogP contribution in [0.5, 0.6) is 5.75 Å². The molecule has 2 heterocycles. The SMILES string of the molecule is COc1ccc(CCCNc2csc(-c3ccc4cnccc4c3)c2)cc1. The summed E-state index contributed by atoms with van der Waals surface area (Å²) < 4.78 is 5.20. The molecule has 4 rings (SSSR count). The maximum Gasteiger partial charge on any atom is 0.118 e. The van der Waals surface area contributed by atoms with E-state index in [0.717, 1.165) is 25.1 Å². The minimum atomic E-state index is 0.910. The molecule has 4 aromatic rings. The summed E-state index contributed by atoms with van der Waals surface area (Å²) in [6.45, 7) is 0.964. The van der Waals surface area contributed by atoms with Crippen LogP contribution in [0.15, 0.2) is 72.4 Å². The van der Waals surface area contributed by atoms with Crippen LogP contribution in [-0.2, 0) is 6.42 Å². The van der Waals surface area contributed by atoms with Crippen molar-refractivity contribution in [2.75, 3.05) is 19.0 Å². The summed E-state index contributed by atoms with van der Waals surface area (Å²) in [6, 6.07) is 19.2. The van der Waals surface area contributed by atoms with Crippen molar-refractivity contribution in [3.8, 4) is 16.2 Å². The molecule has 0 saturated heterocycles. The molecule has 3 nitrogen and oxygen atoms in total. The van der Waals surface area contributed by atoms with Crippen LogP contribution in [0.2, 0.25) is 0 Å². The van der Waals surface area contributed by atoms with Crippen LogP contribution in [0.4, 0.5) is 5.69 Å². The van der Waals surface area contributed by atoms with Gasteiger partial charge in [0.05, 0.1) is 7.11 Å². The second-order valence-electron chi connectivity index (χ2n) is 6.52. The van der Waals surface area contributed by atoms with Crippen molar-refractivity contribution in [3.63, 3.8) is 0 Å². The Bertz CT molecular complexity index is 1020. The molecule has 136 valence electrons. The molecule has 0 aliphatic carbocycles. The van der Waals surface area contributed by atoms with Crippen LogP contribution in [0.25, 0.3) is 21.2 Å². The summed E-state index contributed by atoms with van der Waals surface area (Å²) in [5.41, 5.74) is 3.79. The van der Waals surface area contributed by atoms with Crippen molar-refractivity contribution in [2.45, 2.75) is 12.8 Å². The van der Waals surface area contributed by atoms with E-state index in [-0.39, 0.29) is 0 Å². The van der Waals surface area contributed by atoms with Gasteiger partial charge in [0.25, 0.3) is 0 Å². The molecule has 2 aromatic heterocycles. The molecule has 0 unspecified atom stereocenters. The van der Waals surface area contributed by atoms with E-state index in [9.17, 15) is 0 Å². The van der Waals surface area contributed by atoms with Crippen molar-refractivity contribution in [1.29, 1.82) is 0 Å². The Hall–Kier alpha value is -2.85. The van der Waals surface area contributed by atoms with Crippen molar-refractivity contribution in [2.24, 2.45) is 0 Å². The normalized spacial score (nSPS) is 10.9. The molecule has 0 atom stereocenters. The summed E-state index contributed by atoms with van der Waals surface area (Å²) in [5, 5.41) is 8.14. The number of benzene rings is 2. The fourth-order valence-electron chi connectivity index (χ4n) is 3.13. The molecule has 0 saturated carbocycles. The summed E-state index contributed by atoms with van der Waals surface area (Å²) >= 11 is 1.78. The van der Waals surface area contributed by atoms with Crippen molar-refractivity contribution in [3.05, 3.63) is 77.9 Å². The Labute approximate surface area is 163 Å². The third-order valence-electron chi connectivity index (χ3n) is 4.65. The molecular weight excluding hydrogens is 352 g/mol. The van der Waals surface area contributed by atoms with E-state index >= 15 is 0 Å². The van der Waals surface area contributed by atoms with E-state index in [0.29, 0.717) is 0 Å². The summed E-state index contributed by atoms with van der Waals surface area (Å²) in [4.78, 5) is 5.46. The lowest BCUT2D eigenvalue weighted by Crippen LogP contribution is -2.01. The van der Waals surface area contributed by atoms with Gasteiger partial charge in [0.15, 0.2) is 0 Å². The van der Waals surface area contributed by atoms with E-state index < -0.39 is 0 Å². The molecule has 0 aliphatic rings. The number of nitrogens with one attached hydrogen (secondary N) is 1. The van der Waals surface area contributed by atoms with Gasteiger partial charge in [0, 0.05) is 40.3 Å². The lowest BCUT2D eigenvalue weighted by atomic mass is 10.1. The van der Waals surface area contributed by atoms with E-state index in [4.69, 9.17) is 4.74 Å². The van der Waals surface area contributed by atoms with E-state index in [2.05, 4.69) is 58.1 Å². The van der Waals surface area contributed by atoms with Gasteiger partial charge in [-0.3, -0.25) is 4.98 Å². The van der Waals surface area contributed by atoms with E-state index in [1.165, 1.54) is 32.5 Å². The number of rotatable bonds is 7. The molecule has 27 heavy (non-hydrogen) atoms. The summed E-state index contributed by atoms with van der Waals surface area (Å²) in [5.74, 6) is 0.910. The number of aromatic nitrogens is 1. The first-order chi connectivity index (χ1) is 13.3. The van der Waals surface area contributed by atoms with Gasteiger partial charge in [-0.05, 0) is 59.7 Å². The Morgan fingerprint density at radius 3 is 2.74 bits per heavy atom. The number of aryl methyl sites for hydroxylation is 1. The van der Waals surface area contributed by atoms with Crippen LogP contribution >= 0.6 is 11.3 Å². The Morgan fingerprint density at radius 2 is 1.89 bits per heavy atom. The molecule has 2 aromatic carbocycles. The number of fused-ring (bicyclic) bond motifs is 1. The predicted molar refractivity (Wildman–Crippen MR) is 115 cm³/mol. The first kappa shape index (κ1) is 17.6. The quantitative estimate of drug-likeness (QED) is 0.402. The fourth-order valence-corrected chi connectivity index (χ4v) is 4.00. The molecule has 0 bridgehead atoms. The molecule has 0 radical (unpaired) electrons. The Kier molecular flexibility index (Phi) is 5.35. The summed E-state index contributed by atoms with van der Waals surface area (Å²) in [7, 11) is 1.70. The molecule has 4 heteroatoms. The van der Waals surface area contributed by atoms with Gasteiger partial charge in [0.1, 0.15) is 5.75 Å². The van der Waals surface area contributed by atoms with Crippen LogP contribution in [0.3, 0.4) is 0 Å². The smallest absolute Gasteiger partial charge is 0.118 e. The standard InChI is InChI=1S/C23H22N2OS/c1-26-22-8-4-17(5-9-22)3-2-11-25-21-14-23(27-16-21)19-6-7-20-15-24-12-10-18(20)13-19/h4-10,12-16,25H,2-3,11H2,1H3. The highest BCUT2D eigenvalue weighted by Crippen LogP contribution is 2.31. The van der Waals surface area contributed by atoms with Crippen molar-refractivity contribution in [1.82, 2.24) is 4.98 Å². The number of methoxy groups -OCH3 is 1. The average molecular weight is 375 g/mol. The number of thiophene rings is 1. The number of hydrogen-bond acceptors (Lipinski definition) is 4. The molecule has 0 aliphatic heterocycles. The first-order valence-corrected chi connectivity index (χ1v) is 9.99. The van der Waals surface area contributed by atoms with Gasteiger partial charge in [0.2, 0.25) is 0 Å². The molecular formula is C23H22N2OS. The van der Waals surface area contributed by atoms with Gasteiger partial charge in [-0.15, -0.1) is 11.3 Å². The van der Waals surface area contributed by atoms with E-state index in [1.54, 1.807) is 18.4 Å². The van der Waals surface area contributed by atoms with Crippen LogP contribution in [0.1, 0.15) is 12.0 Å². The topological polar surface area (TPSA) is 34.1 Å². The van der Waals surface area contributed by atoms with Gasteiger partial charge in [-0.1, -0.05) is 24.3 Å². The monoisotopic (exact) mass is 374 g/mol. The Balaban J connectivity index is 1.33. The maximum atomic E-state index is 5.20. The minimum absolute atomic E-state index is 0.910. The van der Waals surface area contributed by atoms with Crippen LogP contribution < -0.4 is 10.1 Å². The third-order valence-corrected chi connectivity index (χ3v) is 5.63. The molecule has 0 spiro atoms. The number of hydrogen-bond donors (Lipinski definition) is 1. The first-order valence-electron chi connectivity index (χ1n) is 9.11. The van der Waals surface area contributed by atoms with Crippen LogP contribution in [-0.4, -0.2) is 18.6 Å². The largest absolute Gasteiger partial charge is 0.497 e. The lowest BCUT2D eigenvalue weighted by molar-refractivity contribution is 0.414. The second kappa shape index (κ2) is 8.23. The zero-order chi connectivity index (χ0) is 18.5. The fraction of sp³-hybridized carbons (Fsp3) is 0.174. The van der Waals surface area contributed by atoms with Gasteiger partial charge in [-0.2, -0.15) is 0 Å². The maximum absolute atomic E-state index is 5.20. The van der Waals surface area contributed by atoms with E-state index in [1.807, 2.05) is 24.5 Å². The van der Waals surface area contributed by atoms with Gasteiger partial charge >= 0.3 is 0 Å². The highest BCUT2D eigenvalue weighted by Gasteiger charge is 2.04. The van der Waals surface area contributed by atoms with Crippen molar-refractivity contribution >= 4 is 27.8 Å². The van der Waals surface area contributed by atoms with Crippen molar-refractivity contribution < 1.29 is 4.74 Å². The number of nitrogens with zero attached hydrogens (tertiary/aromatic N) is 1. The number of anilines is 1. The van der Waals surface area contributed by atoms with Crippen LogP contribution in [0, 0.1) is 0 Å². The lowest BCUT2D eigenvalue weighted by Gasteiger charge is -2.05. The highest BCUT2D eigenvalue weighted by molar-refractivity contribution is 7.14. The molecule has 0 fully saturated rings. The predicted octanol–water partition coefficient (Wildman–Crippen LogP) is 6.02. The third kappa shape index (κ3) is 4.29. The zero-order valence-corrected chi connectivity index (χ0v) is 16.1. The number of ether oxygens (including phenoxy) is 1. The number of pyridine rings is 1.